The maximum atomic E-state index is 12.4. The number of carbonyl (C=O) groups is 2. The van der Waals surface area contributed by atoms with E-state index in [-0.39, 0.29) is 17.9 Å². The zero-order chi connectivity index (χ0) is 15.5. The van der Waals surface area contributed by atoms with Gasteiger partial charge in [0.2, 0.25) is 0 Å². The predicted octanol–water partition coefficient (Wildman–Crippen LogP) is 1.81. The number of nitrogens with zero attached hydrogens (tertiary/aromatic N) is 3. The van der Waals surface area contributed by atoms with Crippen molar-refractivity contribution in [3.63, 3.8) is 0 Å². The highest BCUT2D eigenvalue weighted by Gasteiger charge is 2.27. The molecule has 0 radical (unpaired) electrons. The minimum Gasteiger partial charge on any atom is -0.348 e. The maximum absolute atomic E-state index is 12.4. The van der Waals surface area contributed by atoms with Gasteiger partial charge in [0, 0.05) is 31.9 Å². The fourth-order valence-electron chi connectivity index (χ4n) is 3.32. The number of nitrogens with one attached hydrogen (secondary N) is 1. The molecule has 1 aromatic heterocycles. The normalized spacial score (nSPS) is 19.7. The first-order valence-corrected chi connectivity index (χ1v) is 8.36. The molecule has 0 spiro atoms. The van der Waals surface area contributed by atoms with E-state index in [1.54, 1.807) is 15.7 Å². The monoisotopic (exact) mass is 304 g/mol. The molecule has 0 bridgehead atoms. The number of hydrogen-bond donors (Lipinski definition) is 1. The zero-order valence-electron chi connectivity index (χ0n) is 13.2. The van der Waals surface area contributed by atoms with E-state index in [9.17, 15) is 9.59 Å². The van der Waals surface area contributed by atoms with Crippen LogP contribution in [0.4, 0.5) is 0 Å². The fourth-order valence-corrected chi connectivity index (χ4v) is 3.32. The average molecular weight is 304 g/mol. The number of rotatable bonds is 3. The van der Waals surface area contributed by atoms with Gasteiger partial charge in [-0.2, -0.15) is 0 Å². The van der Waals surface area contributed by atoms with Gasteiger partial charge in [0.25, 0.3) is 11.8 Å². The van der Waals surface area contributed by atoms with E-state index in [2.05, 4.69) is 10.3 Å². The van der Waals surface area contributed by atoms with E-state index in [0.717, 1.165) is 12.8 Å². The van der Waals surface area contributed by atoms with Gasteiger partial charge in [0.15, 0.2) is 5.82 Å². The Labute approximate surface area is 130 Å². The molecule has 6 nitrogen and oxygen atoms in total. The predicted molar refractivity (Wildman–Crippen MR) is 82.8 cm³/mol. The third-order valence-corrected chi connectivity index (χ3v) is 4.67. The number of hydrogen-bond acceptors (Lipinski definition) is 3. The lowest BCUT2D eigenvalue weighted by atomic mass is 10.1. The van der Waals surface area contributed by atoms with Gasteiger partial charge in [-0.1, -0.05) is 25.7 Å². The first kappa shape index (κ1) is 15.1. The molecule has 2 aliphatic rings. The summed E-state index contributed by atoms with van der Waals surface area (Å²) < 4.78 is 1.80. The topological polar surface area (TPSA) is 67.2 Å². The summed E-state index contributed by atoms with van der Waals surface area (Å²) >= 11 is 0. The van der Waals surface area contributed by atoms with Crippen molar-refractivity contribution >= 4 is 11.8 Å². The van der Waals surface area contributed by atoms with Crippen molar-refractivity contribution in [3.05, 3.63) is 17.7 Å². The number of imidazole rings is 1. The van der Waals surface area contributed by atoms with Gasteiger partial charge in [-0.3, -0.25) is 9.59 Å². The Hall–Kier alpha value is -1.85. The highest BCUT2D eigenvalue weighted by molar-refractivity contribution is 5.96. The average Bonchev–Trinajstić information content (AvgIpc) is 2.80. The van der Waals surface area contributed by atoms with Crippen molar-refractivity contribution in [2.24, 2.45) is 0 Å². The summed E-state index contributed by atoms with van der Waals surface area (Å²) in [6, 6.07) is 0.247. The van der Waals surface area contributed by atoms with Crippen LogP contribution in [0.1, 0.15) is 66.6 Å². The molecule has 0 atom stereocenters. The Morgan fingerprint density at radius 2 is 2.00 bits per heavy atom. The van der Waals surface area contributed by atoms with Crippen LogP contribution in [0.3, 0.4) is 0 Å². The van der Waals surface area contributed by atoms with E-state index in [0.29, 0.717) is 31.2 Å². The van der Waals surface area contributed by atoms with Gasteiger partial charge in [0.1, 0.15) is 5.69 Å². The summed E-state index contributed by atoms with van der Waals surface area (Å²) in [6.07, 6.45) is 8.66. The van der Waals surface area contributed by atoms with Crippen LogP contribution >= 0.6 is 0 Å². The Bertz CT molecular complexity index is 558. The van der Waals surface area contributed by atoms with Crippen molar-refractivity contribution in [2.75, 3.05) is 13.1 Å². The van der Waals surface area contributed by atoms with Crippen LogP contribution in [0.15, 0.2) is 6.20 Å². The molecule has 120 valence electrons. The number of fused-ring (bicyclic) bond motifs is 1. The molecule has 0 saturated heterocycles. The Morgan fingerprint density at radius 1 is 1.27 bits per heavy atom. The molecule has 22 heavy (non-hydrogen) atoms. The van der Waals surface area contributed by atoms with Gasteiger partial charge in [-0.25, -0.2) is 4.98 Å². The van der Waals surface area contributed by atoms with Gasteiger partial charge in [-0.15, -0.1) is 0 Å². The minimum atomic E-state index is -0.148. The summed E-state index contributed by atoms with van der Waals surface area (Å²) in [4.78, 5) is 30.7. The second-order valence-corrected chi connectivity index (χ2v) is 6.19. The number of likely N-dealkylation sites (N-methyl/N-ethyl adjacent to an activating group) is 1. The van der Waals surface area contributed by atoms with Crippen molar-refractivity contribution in [1.29, 1.82) is 0 Å². The van der Waals surface area contributed by atoms with E-state index < -0.39 is 0 Å². The Balaban J connectivity index is 1.70. The molecule has 0 unspecified atom stereocenters. The molecule has 2 amide bonds. The maximum Gasteiger partial charge on any atom is 0.289 e. The first-order valence-electron chi connectivity index (χ1n) is 8.36. The van der Waals surface area contributed by atoms with Crippen LogP contribution in [0.25, 0.3) is 0 Å². The third-order valence-electron chi connectivity index (χ3n) is 4.67. The van der Waals surface area contributed by atoms with Gasteiger partial charge in [-0.05, 0) is 19.8 Å². The van der Waals surface area contributed by atoms with E-state index in [1.807, 2.05) is 6.92 Å². The van der Waals surface area contributed by atoms with E-state index in [1.165, 1.54) is 25.7 Å². The summed E-state index contributed by atoms with van der Waals surface area (Å²) in [5.74, 6) is 0.158. The fraction of sp³-hybridized carbons (Fsp3) is 0.688. The molecule has 0 aromatic carbocycles. The highest BCUT2D eigenvalue weighted by Crippen LogP contribution is 2.18. The lowest BCUT2D eigenvalue weighted by Crippen LogP contribution is -2.40. The molecular formula is C16H24N4O2. The van der Waals surface area contributed by atoms with Crippen LogP contribution in [-0.4, -0.2) is 45.4 Å². The molecule has 3 rings (SSSR count). The van der Waals surface area contributed by atoms with Gasteiger partial charge < -0.3 is 14.8 Å². The van der Waals surface area contributed by atoms with E-state index in [4.69, 9.17) is 0 Å². The van der Waals surface area contributed by atoms with Crippen molar-refractivity contribution in [1.82, 2.24) is 19.8 Å². The Kier molecular flexibility index (Phi) is 4.45. The molecule has 1 saturated carbocycles. The quantitative estimate of drug-likeness (QED) is 0.866. The molecule has 1 aliphatic carbocycles. The number of aromatic nitrogens is 2. The summed E-state index contributed by atoms with van der Waals surface area (Å²) in [6.45, 7) is 4.02. The smallest absolute Gasteiger partial charge is 0.289 e. The molecular weight excluding hydrogens is 280 g/mol. The zero-order valence-corrected chi connectivity index (χ0v) is 13.2. The second-order valence-electron chi connectivity index (χ2n) is 6.19. The van der Waals surface area contributed by atoms with Crippen LogP contribution in [0.5, 0.6) is 0 Å². The molecule has 1 aromatic rings. The Morgan fingerprint density at radius 3 is 2.68 bits per heavy atom. The summed E-state index contributed by atoms with van der Waals surface area (Å²) in [7, 11) is 0. The third kappa shape index (κ3) is 3.00. The molecule has 1 aliphatic heterocycles. The van der Waals surface area contributed by atoms with Gasteiger partial charge in [0.05, 0.1) is 0 Å². The summed E-state index contributed by atoms with van der Waals surface area (Å²) in [5.41, 5.74) is 0.366. The lowest BCUT2D eigenvalue weighted by molar-refractivity contribution is 0.0707. The lowest BCUT2D eigenvalue weighted by Gasteiger charge is -2.25. The standard InChI is InChI=1S/C16H24N4O2/c1-2-19-9-10-20-11-13(18-14(20)16(19)22)15(21)17-12-7-5-3-4-6-8-12/h11-12H,2-10H2,1H3,(H,17,21). The largest absolute Gasteiger partial charge is 0.348 e. The first-order chi connectivity index (χ1) is 10.7. The van der Waals surface area contributed by atoms with Crippen LogP contribution in [-0.2, 0) is 6.54 Å². The van der Waals surface area contributed by atoms with Crippen molar-refractivity contribution < 1.29 is 9.59 Å². The molecule has 2 heterocycles. The van der Waals surface area contributed by atoms with Crippen LogP contribution < -0.4 is 5.32 Å². The SMILES string of the molecule is CCN1CCn2cc(C(=O)NC3CCCCCC3)nc2C1=O. The second kappa shape index (κ2) is 6.50. The van der Waals surface area contributed by atoms with Crippen molar-refractivity contribution in [3.8, 4) is 0 Å². The molecule has 1 fully saturated rings. The number of amides is 2. The highest BCUT2D eigenvalue weighted by atomic mass is 16.2. The summed E-state index contributed by atoms with van der Waals surface area (Å²) in [5, 5.41) is 3.08. The molecule has 6 heteroatoms. The van der Waals surface area contributed by atoms with Crippen LogP contribution in [0, 0.1) is 0 Å². The minimum absolute atomic E-state index is 0.0812. The number of carbonyl (C=O) groups excluding carboxylic acids is 2. The van der Waals surface area contributed by atoms with Crippen molar-refractivity contribution in [2.45, 2.75) is 58.0 Å². The van der Waals surface area contributed by atoms with E-state index >= 15 is 0 Å². The van der Waals surface area contributed by atoms with Gasteiger partial charge >= 0.3 is 0 Å². The van der Waals surface area contributed by atoms with Crippen LogP contribution in [0.2, 0.25) is 0 Å². The molecule has 1 N–H and O–H groups in total.